The zero-order valence-corrected chi connectivity index (χ0v) is 13.9. The number of ether oxygens (including phenoxy) is 3. The number of fused-ring (bicyclic) bond motifs is 1. The van der Waals surface area contributed by atoms with E-state index >= 15 is 0 Å². The number of carbonyl (C=O) groups is 2. The molecule has 0 radical (unpaired) electrons. The minimum absolute atomic E-state index is 0.0767. The van der Waals surface area contributed by atoms with Gasteiger partial charge in [0.15, 0.2) is 17.6 Å². The van der Waals surface area contributed by atoms with E-state index < -0.39 is 18.0 Å². The summed E-state index contributed by atoms with van der Waals surface area (Å²) in [7, 11) is 0. The number of esters is 1. The molecular weight excluding hydrogens is 350 g/mol. The summed E-state index contributed by atoms with van der Waals surface area (Å²) in [6.45, 7) is 1.55. The Morgan fingerprint density at radius 3 is 2.72 bits per heavy atom. The smallest absolute Gasteiger partial charge is 0.342 e. The Kier molecular flexibility index (Phi) is 4.67. The fraction of sp³-hybridized carbons (Fsp3) is 0.176. The van der Waals surface area contributed by atoms with Gasteiger partial charge < -0.3 is 24.6 Å². The number of hydrogen-bond acceptors (Lipinski definition) is 6. The largest absolute Gasteiger partial charge is 0.507 e. The highest BCUT2D eigenvalue weighted by atomic mass is 35.5. The SMILES string of the molecule is C[C@@H](OC(=O)c1ccc(Cl)cc1O)C(=O)Nc1ccc2c(c1)OCO2. The van der Waals surface area contributed by atoms with Crippen molar-refractivity contribution in [3.05, 3.63) is 47.0 Å². The van der Waals surface area contributed by atoms with Gasteiger partial charge in [-0.3, -0.25) is 4.79 Å². The van der Waals surface area contributed by atoms with Crippen LogP contribution in [0.5, 0.6) is 17.2 Å². The van der Waals surface area contributed by atoms with Crippen LogP contribution in [0.3, 0.4) is 0 Å². The molecule has 0 aliphatic carbocycles. The maximum Gasteiger partial charge on any atom is 0.342 e. The number of halogens is 1. The molecule has 3 rings (SSSR count). The molecule has 8 heteroatoms. The molecule has 1 heterocycles. The number of benzene rings is 2. The van der Waals surface area contributed by atoms with Crippen LogP contribution in [0.1, 0.15) is 17.3 Å². The van der Waals surface area contributed by atoms with Gasteiger partial charge in [0.2, 0.25) is 6.79 Å². The van der Waals surface area contributed by atoms with Crippen LogP contribution in [0.4, 0.5) is 5.69 Å². The summed E-state index contributed by atoms with van der Waals surface area (Å²) in [5, 5.41) is 12.6. The van der Waals surface area contributed by atoms with E-state index in [1.807, 2.05) is 0 Å². The van der Waals surface area contributed by atoms with Crippen molar-refractivity contribution in [2.75, 3.05) is 12.1 Å². The summed E-state index contributed by atoms with van der Waals surface area (Å²) in [5.74, 6) is -0.562. The zero-order valence-electron chi connectivity index (χ0n) is 13.1. The van der Waals surface area contributed by atoms with Crippen molar-refractivity contribution in [2.45, 2.75) is 13.0 Å². The van der Waals surface area contributed by atoms with Crippen molar-refractivity contribution < 1.29 is 28.9 Å². The molecule has 1 atom stereocenters. The minimum atomic E-state index is -1.08. The predicted molar refractivity (Wildman–Crippen MR) is 89.2 cm³/mol. The summed E-state index contributed by atoms with van der Waals surface area (Å²) in [5.41, 5.74) is 0.401. The van der Waals surface area contributed by atoms with E-state index in [2.05, 4.69) is 5.32 Å². The fourth-order valence-corrected chi connectivity index (χ4v) is 2.34. The third-order valence-electron chi connectivity index (χ3n) is 3.47. The van der Waals surface area contributed by atoms with Gasteiger partial charge in [-0.05, 0) is 37.3 Å². The normalized spacial score (nSPS) is 13.2. The summed E-state index contributed by atoms with van der Waals surface area (Å²) in [6, 6.07) is 8.90. The van der Waals surface area contributed by atoms with Crippen molar-refractivity contribution in [2.24, 2.45) is 0 Å². The van der Waals surface area contributed by atoms with Crippen molar-refractivity contribution in [1.82, 2.24) is 0 Å². The van der Waals surface area contributed by atoms with E-state index in [0.717, 1.165) is 0 Å². The molecule has 2 aromatic carbocycles. The maximum atomic E-state index is 12.2. The Balaban J connectivity index is 1.63. The van der Waals surface area contributed by atoms with Gasteiger partial charge in [-0.25, -0.2) is 4.79 Å². The Hall–Kier alpha value is -2.93. The topological polar surface area (TPSA) is 94.1 Å². The van der Waals surface area contributed by atoms with Crippen LogP contribution in [0.25, 0.3) is 0 Å². The van der Waals surface area contributed by atoms with Gasteiger partial charge >= 0.3 is 5.97 Å². The Morgan fingerprint density at radius 2 is 1.96 bits per heavy atom. The fourth-order valence-electron chi connectivity index (χ4n) is 2.17. The summed E-state index contributed by atoms with van der Waals surface area (Å²) < 4.78 is 15.5. The molecule has 2 N–H and O–H groups in total. The second-order valence-electron chi connectivity index (χ2n) is 5.27. The second kappa shape index (κ2) is 6.90. The van der Waals surface area contributed by atoms with E-state index in [-0.39, 0.29) is 23.1 Å². The highest BCUT2D eigenvalue weighted by Crippen LogP contribution is 2.34. The zero-order chi connectivity index (χ0) is 18.0. The number of phenols is 1. The molecule has 0 saturated heterocycles. The number of rotatable bonds is 4. The maximum absolute atomic E-state index is 12.2. The van der Waals surface area contributed by atoms with E-state index in [1.54, 1.807) is 18.2 Å². The Labute approximate surface area is 148 Å². The Bertz CT molecular complexity index is 838. The van der Waals surface area contributed by atoms with E-state index in [0.29, 0.717) is 17.2 Å². The number of carbonyl (C=O) groups excluding carboxylic acids is 2. The second-order valence-corrected chi connectivity index (χ2v) is 5.70. The standard InChI is InChI=1S/C17H14ClNO6/c1-9(25-17(22)12-4-2-10(18)6-13(12)20)16(21)19-11-3-5-14-15(7-11)24-8-23-14/h2-7,9,20H,8H2,1H3,(H,19,21)/t9-/m1/s1. The molecule has 1 aliphatic rings. The molecule has 130 valence electrons. The van der Waals surface area contributed by atoms with Gasteiger partial charge in [0.05, 0.1) is 0 Å². The molecule has 0 fully saturated rings. The van der Waals surface area contributed by atoms with E-state index in [1.165, 1.54) is 25.1 Å². The van der Waals surface area contributed by atoms with Crippen LogP contribution in [-0.2, 0) is 9.53 Å². The molecule has 1 amide bonds. The first-order valence-electron chi connectivity index (χ1n) is 7.34. The lowest BCUT2D eigenvalue weighted by atomic mass is 10.2. The molecule has 25 heavy (non-hydrogen) atoms. The van der Waals surface area contributed by atoms with Gasteiger partial charge in [0.25, 0.3) is 5.91 Å². The number of anilines is 1. The summed E-state index contributed by atoms with van der Waals surface area (Å²) >= 11 is 5.71. The minimum Gasteiger partial charge on any atom is -0.507 e. The monoisotopic (exact) mass is 363 g/mol. The van der Waals surface area contributed by atoms with Crippen molar-refractivity contribution in [3.63, 3.8) is 0 Å². The first-order valence-corrected chi connectivity index (χ1v) is 7.72. The average molecular weight is 364 g/mol. The lowest BCUT2D eigenvalue weighted by Gasteiger charge is -2.14. The molecule has 7 nitrogen and oxygen atoms in total. The first-order chi connectivity index (χ1) is 11.9. The van der Waals surface area contributed by atoms with E-state index in [4.69, 9.17) is 25.8 Å². The average Bonchev–Trinajstić information content (AvgIpc) is 3.02. The van der Waals surface area contributed by atoms with Crippen LogP contribution < -0.4 is 14.8 Å². The van der Waals surface area contributed by atoms with Gasteiger partial charge in [-0.1, -0.05) is 11.6 Å². The highest BCUT2D eigenvalue weighted by molar-refractivity contribution is 6.30. The lowest BCUT2D eigenvalue weighted by Crippen LogP contribution is -2.30. The number of amides is 1. The van der Waals surface area contributed by atoms with Crippen LogP contribution in [0.15, 0.2) is 36.4 Å². The first kappa shape index (κ1) is 16.9. The summed E-state index contributed by atoms with van der Waals surface area (Å²) in [6.07, 6.45) is -1.08. The third kappa shape index (κ3) is 3.77. The molecule has 0 saturated carbocycles. The Morgan fingerprint density at radius 1 is 1.20 bits per heavy atom. The van der Waals surface area contributed by atoms with E-state index in [9.17, 15) is 14.7 Å². The van der Waals surface area contributed by atoms with Gasteiger partial charge in [0, 0.05) is 16.8 Å². The van der Waals surface area contributed by atoms with Gasteiger partial charge in [-0.2, -0.15) is 0 Å². The highest BCUT2D eigenvalue weighted by Gasteiger charge is 2.22. The van der Waals surface area contributed by atoms with Crippen molar-refractivity contribution in [1.29, 1.82) is 0 Å². The van der Waals surface area contributed by atoms with Crippen molar-refractivity contribution >= 4 is 29.2 Å². The number of aromatic hydroxyl groups is 1. The molecule has 0 bridgehead atoms. The molecule has 0 unspecified atom stereocenters. The molecular formula is C17H14ClNO6. The van der Waals surface area contributed by atoms with Crippen LogP contribution >= 0.6 is 11.6 Å². The number of hydrogen-bond donors (Lipinski definition) is 2. The van der Waals surface area contributed by atoms with Crippen LogP contribution in [0, 0.1) is 0 Å². The molecule has 1 aliphatic heterocycles. The van der Waals surface area contributed by atoms with Crippen molar-refractivity contribution in [3.8, 4) is 17.2 Å². The molecule has 0 aromatic heterocycles. The third-order valence-corrected chi connectivity index (χ3v) is 3.71. The van der Waals surface area contributed by atoms with Crippen LogP contribution in [-0.4, -0.2) is 29.9 Å². The predicted octanol–water partition coefficient (Wildman–Crippen LogP) is 2.96. The van der Waals surface area contributed by atoms with Gasteiger partial charge in [-0.15, -0.1) is 0 Å². The number of phenolic OH excluding ortho intramolecular Hbond substituents is 1. The lowest BCUT2D eigenvalue weighted by molar-refractivity contribution is -0.123. The number of nitrogens with one attached hydrogen (secondary N) is 1. The quantitative estimate of drug-likeness (QED) is 0.811. The molecule has 0 spiro atoms. The molecule has 2 aromatic rings. The van der Waals surface area contributed by atoms with Crippen LogP contribution in [0.2, 0.25) is 5.02 Å². The summed E-state index contributed by atoms with van der Waals surface area (Å²) in [4.78, 5) is 24.2. The van der Waals surface area contributed by atoms with Gasteiger partial charge in [0.1, 0.15) is 11.3 Å².